The third kappa shape index (κ3) is 4.50. The molecule has 5 nitrogen and oxygen atoms in total. The van der Waals surface area contributed by atoms with Crippen molar-refractivity contribution in [1.29, 1.82) is 0 Å². The minimum atomic E-state index is 0.175. The SMILES string of the molecule is Cc1nc(C)n(C[C@H]2CN(C/C=C/c3ccccc3)CCO2)n1. The first-order chi connectivity index (χ1) is 11.2. The van der Waals surface area contributed by atoms with E-state index in [0.29, 0.717) is 0 Å². The fourth-order valence-electron chi connectivity index (χ4n) is 2.89. The van der Waals surface area contributed by atoms with Crippen molar-refractivity contribution in [2.24, 2.45) is 0 Å². The Labute approximate surface area is 137 Å². The fraction of sp³-hybridized carbons (Fsp3) is 0.444. The molecule has 122 valence electrons. The Hall–Kier alpha value is -1.98. The Morgan fingerprint density at radius 1 is 1.26 bits per heavy atom. The molecule has 0 radical (unpaired) electrons. The molecule has 0 saturated carbocycles. The van der Waals surface area contributed by atoms with Crippen LogP contribution in [0.5, 0.6) is 0 Å². The van der Waals surface area contributed by atoms with Crippen LogP contribution in [0.2, 0.25) is 0 Å². The topological polar surface area (TPSA) is 43.2 Å². The van der Waals surface area contributed by atoms with Gasteiger partial charge in [-0.1, -0.05) is 42.5 Å². The van der Waals surface area contributed by atoms with E-state index in [-0.39, 0.29) is 6.10 Å². The standard InChI is InChI=1S/C18H24N4O/c1-15-19-16(2)22(20-15)14-18-13-21(11-12-23-18)10-6-9-17-7-4-3-5-8-17/h3-9,18H,10-14H2,1-2H3/b9-6+/t18-/m1/s1. The zero-order valence-corrected chi connectivity index (χ0v) is 13.9. The molecule has 1 fully saturated rings. The number of aromatic nitrogens is 3. The van der Waals surface area contributed by atoms with Crippen LogP contribution >= 0.6 is 0 Å². The van der Waals surface area contributed by atoms with Gasteiger partial charge in [0.1, 0.15) is 11.6 Å². The number of ether oxygens (including phenoxy) is 1. The molecular weight excluding hydrogens is 288 g/mol. The molecular formula is C18H24N4O. The molecule has 0 aliphatic carbocycles. The Morgan fingerprint density at radius 3 is 2.83 bits per heavy atom. The highest BCUT2D eigenvalue weighted by Gasteiger charge is 2.21. The maximum atomic E-state index is 5.89. The minimum absolute atomic E-state index is 0.175. The monoisotopic (exact) mass is 312 g/mol. The van der Waals surface area contributed by atoms with Crippen LogP contribution in [0.4, 0.5) is 0 Å². The summed E-state index contributed by atoms with van der Waals surface area (Å²) in [4.78, 5) is 6.77. The summed E-state index contributed by atoms with van der Waals surface area (Å²) in [5.74, 6) is 1.77. The van der Waals surface area contributed by atoms with E-state index in [4.69, 9.17) is 4.74 Å². The quantitative estimate of drug-likeness (QED) is 0.850. The van der Waals surface area contributed by atoms with Gasteiger partial charge in [0.2, 0.25) is 0 Å². The second kappa shape index (κ2) is 7.53. The van der Waals surface area contributed by atoms with Gasteiger partial charge in [0.05, 0.1) is 19.3 Å². The first-order valence-electron chi connectivity index (χ1n) is 8.14. The van der Waals surface area contributed by atoms with Crippen LogP contribution in [0, 0.1) is 13.8 Å². The number of nitrogens with zero attached hydrogens (tertiary/aromatic N) is 4. The Balaban J connectivity index is 1.52. The third-order valence-electron chi connectivity index (χ3n) is 4.04. The molecule has 1 atom stereocenters. The summed E-state index contributed by atoms with van der Waals surface area (Å²) in [5.41, 5.74) is 1.24. The van der Waals surface area contributed by atoms with Crippen molar-refractivity contribution in [3.63, 3.8) is 0 Å². The van der Waals surface area contributed by atoms with Gasteiger partial charge in [-0.15, -0.1) is 0 Å². The van der Waals surface area contributed by atoms with Gasteiger partial charge in [0.25, 0.3) is 0 Å². The lowest BCUT2D eigenvalue weighted by atomic mass is 10.2. The number of morpholine rings is 1. The van der Waals surface area contributed by atoms with Gasteiger partial charge < -0.3 is 4.74 Å². The molecule has 0 bridgehead atoms. The summed E-state index contributed by atoms with van der Waals surface area (Å²) in [7, 11) is 0. The molecule has 0 unspecified atom stereocenters. The summed E-state index contributed by atoms with van der Waals surface area (Å²) in [6, 6.07) is 10.4. The molecule has 23 heavy (non-hydrogen) atoms. The van der Waals surface area contributed by atoms with Crippen molar-refractivity contribution in [3.05, 3.63) is 53.6 Å². The van der Waals surface area contributed by atoms with Crippen LogP contribution in [0.3, 0.4) is 0 Å². The lowest BCUT2D eigenvalue weighted by Gasteiger charge is -2.32. The lowest BCUT2D eigenvalue weighted by Crippen LogP contribution is -2.44. The number of benzene rings is 1. The van der Waals surface area contributed by atoms with E-state index in [1.807, 2.05) is 24.6 Å². The molecule has 0 N–H and O–H groups in total. The van der Waals surface area contributed by atoms with E-state index in [1.54, 1.807) is 0 Å². The highest BCUT2D eigenvalue weighted by molar-refractivity contribution is 5.48. The van der Waals surface area contributed by atoms with Crippen LogP contribution in [-0.2, 0) is 11.3 Å². The van der Waals surface area contributed by atoms with Crippen LogP contribution in [0.15, 0.2) is 36.4 Å². The van der Waals surface area contributed by atoms with E-state index < -0.39 is 0 Å². The average Bonchev–Trinajstić information content (AvgIpc) is 2.86. The Morgan fingerprint density at radius 2 is 2.09 bits per heavy atom. The second-order valence-corrected chi connectivity index (χ2v) is 5.95. The maximum Gasteiger partial charge on any atom is 0.147 e. The number of hydrogen-bond donors (Lipinski definition) is 0. The lowest BCUT2D eigenvalue weighted by molar-refractivity contribution is -0.0341. The normalized spacial score (nSPS) is 19.5. The van der Waals surface area contributed by atoms with Crippen LogP contribution in [0.25, 0.3) is 6.08 Å². The number of aryl methyl sites for hydroxylation is 2. The van der Waals surface area contributed by atoms with Crippen LogP contribution in [-0.4, -0.2) is 52.0 Å². The molecule has 0 amide bonds. The summed E-state index contributed by atoms with van der Waals surface area (Å²) >= 11 is 0. The second-order valence-electron chi connectivity index (χ2n) is 5.95. The smallest absolute Gasteiger partial charge is 0.147 e. The molecule has 1 saturated heterocycles. The molecule has 3 rings (SSSR count). The molecule has 2 aromatic rings. The largest absolute Gasteiger partial charge is 0.374 e. The van der Waals surface area contributed by atoms with Gasteiger partial charge in [0.15, 0.2) is 0 Å². The average molecular weight is 312 g/mol. The van der Waals surface area contributed by atoms with E-state index in [0.717, 1.165) is 44.4 Å². The van der Waals surface area contributed by atoms with Gasteiger partial charge in [-0.25, -0.2) is 9.67 Å². The first-order valence-corrected chi connectivity index (χ1v) is 8.14. The van der Waals surface area contributed by atoms with E-state index in [1.165, 1.54) is 5.56 Å². The first kappa shape index (κ1) is 15.9. The zero-order valence-electron chi connectivity index (χ0n) is 13.9. The summed E-state index contributed by atoms with van der Waals surface area (Å²) in [6.45, 7) is 8.31. The Kier molecular flexibility index (Phi) is 5.20. The molecule has 1 aromatic heterocycles. The van der Waals surface area contributed by atoms with E-state index in [2.05, 4.69) is 51.4 Å². The van der Waals surface area contributed by atoms with Crippen molar-refractivity contribution in [1.82, 2.24) is 19.7 Å². The molecule has 0 spiro atoms. The minimum Gasteiger partial charge on any atom is -0.374 e. The van der Waals surface area contributed by atoms with Crippen molar-refractivity contribution in [2.45, 2.75) is 26.5 Å². The van der Waals surface area contributed by atoms with Crippen molar-refractivity contribution in [3.8, 4) is 0 Å². The Bertz CT molecular complexity index is 650. The summed E-state index contributed by atoms with van der Waals surface area (Å²) < 4.78 is 7.83. The summed E-state index contributed by atoms with van der Waals surface area (Å²) in [6.07, 6.45) is 4.58. The van der Waals surface area contributed by atoms with Crippen LogP contribution in [0.1, 0.15) is 17.2 Å². The van der Waals surface area contributed by atoms with Gasteiger partial charge in [-0.05, 0) is 19.4 Å². The number of hydrogen-bond acceptors (Lipinski definition) is 4. The molecule has 1 aliphatic rings. The molecule has 5 heteroatoms. The summed E-state index contributed by atoms with van der Waals surface area (Å²) in [5, 5.41) is 4.42. The molecule has 1 aliphatic heterocycles. The van der Waals surface area contributed by atoms with Gasteiger partial charge in [-0.2, -0.15) is 5.10 Å². The fourth-order valence-corrected chi connectivity index (χ4v) is 2.89. The predicted octanol–water partition coefficient (Wildman–Crippen LogP) is 2.31. The zero-order chi connectivity index (χ0) is 16.1. The van der Waals surface area contributed by atoms with Gasteiger partial charge in [0, 0.05) is 19.6 Å². The molecule has 2 heterocycles. The van der Waals surface area contributed by atoms with E-state index >= 15 is 0 Å². The van der Waals surface area contributed by atoms with Crippen molar-refractivity contribution in [2.75, 3.05) is 26.2 Å². The molecule has 1 aromatic carbocycles. The number of rotatable bonds is 5. The third-order valence-corrected chi connectivity index (χ3v) is 4.04. The highest BCUT2D eigenvalue weighted by Crippen LogP contribution is 2.09. The van der Waals surface area contributed by atoms with E-state index in [9.17, 15) is 0 Å². The van der Waals surface area contributed by atoms with Crippen molar-refractivity contribution < 1.29 is 4.74 Å². The predicted molar refractivity (Wildman–Crippen MR) is 91.2 cm³/mol. The maximum absolute atomic E-state index is 5.89. The van der Waals surface area contributed by atoms with Crippen LogP contribution < -0.4 is 0 Å². The van der Waals surface area contributed by atoms with Crippen molar-refractivity contribution >= 4 is 6.08 Å². The van der Waals surface area contributed by atoms with Gasteiger partial charge >= 0.3 is 0 Å². The highest BCUT2D eigenvalue weighted by atomic mass is 16.5. The van der Waals surface area contributed by atoms with Gasteiger partial charge in [-0.3, -0.25) is 4.90 Å².